The van der Waals surface area contributed by atoms with Gasteiger partial charge >= 0.3 is 0 Å². The summed E-state index contributed by atoms with van der Waals surface area (Å²) in [6.45, 7) is 9.75. The molecule has 0 aromatic carbocycles. The molecule has 12 heavy (non-hydrogen) atoms. The Morgan fingerprint density at radius 3 is 1.92 bits per heavy atom. The second-order valence-corrected chi connectivity index (χ2v) is 2.51. The van der Waals surface area contributed by atoms with E-state index in [1.807, 2.05) is 13.8 Å². The number of carbonyl (C=O) groups excluding carboxylic acids is 2. The van der Waals surface area contributed by atoms with Gasteiger partial charge in [0, 0.05) is 13.1 Å². The van der Waals surface area contributed by atoms with Gasteiger partial charge in [0.25, 0.3) is 5.91 Å². The quantitative estimate of drug-likeness (QED) is 0.357. The van der Waals surface area contributed by atoms with Crippen LogP contribution in [0.15, 0.2) is 12.2 Å². The maximum Gasteiger partial charge on any atom is 0.256 e. The van der Waals surface area contributed by atoms with Crippen LogP contribution >= 0.6 is 0 Å². The van der Waals surface area contributed by atoms with Gasteiger partial charge in [-0.3, -0.25) is 9.59 Å². The molecule has 0 aliphatic rings. The molecule has 3 nitrogen and oxygen atoms in total. The molecule has 0 aromatic rings. The van der Waals surface area contributed by atoms with E-state index in [4.69, 9.17) is 0 Å². The Labute approximate surface area is 73.1 Å². The largest absolute Gasteiger partial charge is 0.339 e. The molecule has 0 N–H and O–H groups in total. The topological polar surface area (TPSA) is 37.4 Å². The zero-order valence-corrected chi connectivity index (χ0v) is 7.89. The Morgan fingerprint density at radius 1 is 1.25 bits per heavy atom. The maximum absolute atomic E-state index is 11.4. The Morgan fingerprint density at radius 2 is 1.67 bits per heavy atom. The molecular weight excluding hydrogens is 154 g/mol. The predicted octanol–water partition coefficient (Wildman–Crippen LogP) is 1.00. The van der Waals surface area contributed by atoms with Crippen LogP contribution in [0.1, 0.15) is 20.8 Å². The van der Waals surface area contributed by atoms with E-state index in [2.05, 4.69) is 6.58 Å². The molecule has 0 heterocycles. The van der Waals surface area contributed by atoms with Crippen molar-refractivity contribution in [1.29, 1.82) is 0 Å². The Bertz CT molecular complexity index is 205. The minimum atomic E-state index is -0.257. The molecule has 0 unspecified atom stereocenters. The molecule has 0 aromatic heterocycles. The number of likely N-dealkylation sites (N-methyl/N-ethyl adjacent to an activating group) is 1. The highest BCUT2D eigenvalue weighted by Crippen LogP contribution is 2.00. The van der Waals surface area contributed by atoms with Crippen molar-refractivity contribution in [1.82, 2.24) is 4.90 Å². The van der Waals surface area contributed by atoms with Crippen molar-refractivity contribution in [2.45, 2.75) is 20.8 Å². The van der Waals surface area contributed by atoms with Crippen molar-refractivity contribution in [3.05, 3.63) is 12.2 Å². The molecule has 0 aliphatic heterocycles. The van der Waals surface area contributed by atoms with E-state index in [1.165, 1.54) is 6.92 Å². The van der Waals surface area contributed by atoms with Crippen LogP contribution in [0.3, 0.4) is 0 Å². The smallest absolute Gasteiger partial charge is 0.256 e. The molecule has 0 bridgehead atoms. The van der Waals surface area contributed by atoms with Crippen LogP contribution in [-0.4, -0.2) is 29.7 Å². The normalized spacial score (nSPS) is 9.25. The first kappa shape index (κ1) is 10.9. The summed E-state index contributed by atoms with van der Waals surface area (Å²) in [6, 6.07) is 0. The van der Waals surface area contributed by atoms with Gasteiger partial charge in [-0.25, -0.2) is 0 Å². The fraction of sp³-hybridized carbons (Fsp3) is 0.556. The minimum Gasteiger partial charge on any atom is -0.339 e. The third-order valence-corrected chi connectivity index (χ3v) is 1.73. The molecule has 0 saturated heterocycles. The highest BCUT2D eigenvalue weighted by molar-refractivity contribution is 6.17. The van der Waals surface area contributed by atoms with E-state index >= 15 is 0 Å². The lowest BCUT2D eigenvalue weighted by Crippen LogP contribution is -2.33. The lowest BCUT2D eigenvalue weighted by molar-refractivity contribution is -0.129. The molecule has 0 saturated carbocycles. The van der Waals surface area contributed by atoms with Gasteiger partial charge in [-0.05, 0) is 20.8 Å². The summed E-state index contributed by atoms with van der Waals surface area (Å²) in [7, 11) is 0. The molecule has 0 spiro atoms. The van der Waals surface area contributed by atoms with Crippen LogP contribution in [0.5, 0.6) is 0 Å². The summed E-state index contributed by atoms with van der Waals surface area (Å²) in [6.07, 6.45) is 0. The van der Waals surface area contributed by atoms with Crippen molar-refractivity contribution in [2.24, 2.45) is 0 Å². The van der Waals surface area contributed by atoms with Gasteiger partial charge in [0.05, 0.1) is 5.57 Å². The summed E-state index contributed by atoms with van der Waals surface area (Å²) in [5.74, 6) is -0.514. The molecule has 0 fully saturated rings. The summed E-state index contributed by atoms with van der Waals surface area (Å²) < 4.78 is 0. The number of carbonyl (C=O) groups is 2. The molecular formula is C9H15NO2. The van der Waals surface area contributed by atoms with E-state index < -0.39 is 0 Å². The molecule has 68 valence electrons. The second-order valence-electron chi connectivity index (χ2n) is 2.51. The second kappa shape index (κ2) is 4.70. The van der Waals surface area contributed by atoms with Crippen LogP contribution in [-0.2, 0) is 9.59 Å². The van der Waals surface area contributed by atoms with E-state index in [1.54, 1.807) is 4.90 Å². The molecule has 0 aliphatic carbocycles. The number of rotatable bonds is 4. The highest BCUT2D eigenvalue weighted by Gasteiger charge is 2.16. The summed E-state index contributed by atoms with van der Waals surface area (Å²) in [5.41, 5.74) is 0.0682. The number of Topliss-reactive ketones (excluding diaryl/α,β-unsaturated/α-hetero) is 1. The Hall–Kier alpha value is -1.12. The van der Waals surface area contributed by atoms with E-state index in [0.29, 0.717) is 13.1 Å². The number of hydrogen-bond donors (Lipinski definition) is 0. The van der Waals surface area contributed by atoms with Crippen LogP contribution < -0.4 is 0 Å². The lowest BCUT2D eigenvalue weighted by Gasteiger charge is -2.18. The first-order chi connectivity index (χ1) is 5.54. The first-order valence-corrected chi connectivity index (χ1v) is 4.03. The van der Waals surface area contributed by atoms with Gasteiger partial charge in [0.15, 0.2) is 5.78 Å². The van der Waals surface area contributed by atoms with Crippen molar-refractivity contribution in [3.63, 3.8) is 0 Å². The minimum absolute atomic E-state index is 0.0682. The molecule has 1 amide bonds. The fourth-order valence-corrected chi connectivity index (χ4v) is 0.852. The van der Waals surface area contributed by atoms with Crippen LogP contribution in [0.4, 0.5) is 0 Å². The summed E-state index contributed by atoms with van der Waals surface area (Å²) in [5, 5.41) is 0. The van der Waals surface area contributed by atoms with E-state index in [9.17, 15) is 9.59 Å². The first-order valence-electron chi connectivity index (χ1n) is 4.03. The lowest BCUT2D eigenvalue weighted by atomic mass is 10.2. The number of amides is 1. The van der Waals surface area contributed by atoms with Gasteiger partial charge in [-0.15, -0.1) is 0 Å². The van der Waals surface area contributed by atoms with Crippen molar-refractivity contribution in [3.8, 4) is 0 Å². The predicted molar refractivity (Wildman–Crippen MR) is 47.7 cm³/mol. The van der Waals surface area contributed by atoms with Gasteiger partial charge in [0.2, 0.25) is 0 Å². The number of nitrogens with zero attached hydrogens (tertiary/aromatic N) is 1. The van der Waals surface area contributed by atoms with Gasteiger partial charge in [-0.1, -0.05) is 6.58 Å². The van der Waals surface area contributed by atoms with E-state index in [0.717, 1.165) is 0 Å². The monoisotopic (exact) mass is 169 g/mol. The third kappa shape index (κ3) is 2.49. The zero-order valence-electron chi connectivity index (χ0n) is 7.89. The number of ketones is 1. The van der Waals surface area contributed by atoms with Gasteiger partial charge < -0.3 is 4.90 Å². The van der Waals surface area contributed by atoms with Crippen LogP contribution in [0.25, 0.3) is 0 Å². The average molecular weight is 169 g/mol. The molecule has 3 heteroatoms. The Kier molecular flexibility index (Phi) is 4.26. The molecule has 0 radical (unpaired) electrons. The van der Waals surface area contributed by atoms with Crippen molar-refractivity contribution < 1.29 is 9.59 Å². The van der Waals surface area contributed by atoms with E-state index in [-0.39, 0.29) is 17.3 Å². The van der Waals surface area contributed by atoms with Crippen LogP contribution in [0.2, 0.25) is 0 Å². The zero-order chi connectivity index (χ0) is 9.72. The SMILES string of the molecule is C=C(C(C)=O)C(=O)N(CC)CC. The van der Waals surface area contributed by atoms with Crippen molar-refractivity contribution >= 4 is 11.7 Å². The highest BCUT2D eigenvalue weighted by atomic mass is 16.2. The summed E-state index contributed by atoms with van der Waals surface area (Å²) >= 11 is 0. The molecule has 0 rings (SSSR count). The van der Waals surface area contributed by atoms with Gasteiger partial charge in [-0.2, -0.15) is 0 Å². The number of hydrogen-bond acceptors (Lipinski definition) is 2. The fourth-order valence-electron chi connectivity index (χ4n) is 0.852. The molecule has 0 atom stereocenters. The average Bonchev–Trinajstić information content (AvgIpc) is 2.05. The van der Waals surface area contributed by atoms with Crippen LogP contribution in [0, 0.1) is 0 Å². The standard InChI is InChI=1S/C9H15NO2/c1-5-10(6-2)9(12)7(3)8(4)11/h3,5-6H2,1-2,4H3. The van der Waals surface area contributed by atoms with Gasteiger partial charge in [0.1, 0.15) is 0 Å². The maximum atomic E-state index is 11.4. The third-order valence-electron chi connectivity index (χ3n) is 1.73. The Balaban J connectivity index is 4.37. The summed E-state index contributed by atoms with van der Waals surface area (Å²) in [4.78, 5) is 23.7. The van der Waals surface area contributed by atoms with Crippen molar-refractivity contribution in [2.75, 3.05) is 13.1 Å².